The van der Waals surface area contributed by atoms with Gasteiger partial charge in [0.25, 0.3) is 5.91 Å². The Bertz CT molecular complexity index is 854. The van der Waals surface area contributed by atoms with Crippen LogP contribution >= 0.6 is 0 Å². The maximum Gasteiger partial charge on any atom is 0.305 e. The summed E-state index contributed by atoms with van der Waals surface area (Å²) in [7, 11) is 0. The number of ketones is 1. The first-order chi connectivity index (χ1) is 16.3. The summed E-state index contributed by atoms with van der Waals surface area (Å²) in [6, 6.07) is 0. The Labute approximate surface area is 247 Å². The van der Waals surface area contributed by atoms with Crippen LogP contribution in [0, 0.1) is 18.3 Å². The fourth-order valence-electron chi connectivity index (χ4n) is 3.34. The van der Waals surface area contributed by atoms with Crippen LogP contribution in [0.3, 0.4) is 0 Å². The van der Waals surface area contributed by atoms with Crippen LogP contribution in [0.5, 0.6) is 0 Å². The molecule has 0 aromatic heterocycles. The standard InChI is InChI=1S/C13H21NO4.C12H21NO5.CH4.CH3.Pd/c1-9(15)6-7-14-11(16)10-12(2,3)8-17-13(4,5)18-10;1-11(2)7-17-12(3,4)18-9(11)10(16)13-6-5-8(14)15;;;/h6-7,10H,8H2,1-5H3,(H,14,16);9H,5-7H2,1-4H3,(H,13,16)(H,14,15);1H4;1H3;/q;;;-1;/b7-6+;;;;/t10-;9-;;;/m00.../s1. The summed E-state index contributed by atoms with van der Waals surface area (Å²) in [6.07, 6.45) is 1.29. The second kappa shape index (κ2) is 16.6. The van der Waals surface area contributed by atoms with Crippen LogP contribution in [0.1, 0.15) is 76.2 Å². The number of carbonyl (C=O) groups excluding carboxylic acids is 3. The summed E-state index contributed by atoms with van der Waals surface area (Å²) in [6.45, 7) is 17.0. The average molecular weight is 652 g/mol. The number of amides is 2. The van der Waals surface area contributed by atoms with E-state index in [0.717, 1.165) is 0 Å². The second-order valence-corrected chi connectivity index (χ2v) is 11.2. The number of carboxylic acid groups (broad SMARTS) is 1. The summed E-state index contributed by atoms with van der Waals surface area (Å²) in [5, 5.41) is 13.7. The molecule has 0 radical (unpaired) electrons. The second-order valence-electron chi connectivity index (χ2n) is 11.2. The zero-order valence-electron chi connectivity index (χ0n) is 24.2. The molecular formula is C27H49N2O9Pd-. The number of ether oxygens (including phenoxy) is 4. The molecule has 0 bridgehead atoms. The molecule has 0 aromatic carbocycles. The smallest absolute Gasteiger partial charge is 0.305 e. The molecule has 0 spiro atoms. The molecule has 2 saturated heterocycles. The minimum absolute atomic E-state index is 0. The Balaban J connectivity index is -0.000000617. The molecule has 2 aliphatic rings. The van der Waals surface area contributed by atoms with E-state index >= 15 is 0 Å². The normalized spacial score (nSPS) is 23.7. The van der Waals surface area contributed by atoms with Crippen LogP contribution in [0.4, 0.5) is 0 Å². The summed E-state index contributed by atoms with van der Waals surface area (Å²) in [4.78, 5) is 45.2. The van der Waals surface area contributed by atoms with Gasteiger partial charge in [0.2, 0.25) is 5.91 Å². The third-order valence-electron chi connectivity index (χ3n) is 5.46. The predicted molar refractivity (Wildman–Crippen MR) is 144 cm³/mol. The summed E-state index contributed by atoms with van der Waals surface area (Å²) >= 11 is 0. The van der Waals surface area contributed by atoms with Crippen molar-refractivity contribution < 1.29 is 63.7 Å². The van der Waals surface area contributed by atoms with Crippen molar-refractivity contribution in [3.8, 4) is 0 Å². The largest absolute Gasteiger partial charge is 0.481 e. The van der Waals surface area contributed by atoms with Crippen LogP contribution in [0.15, 0.2) is 12.3 Å². The quantitative estimate of drug-likeness (QED) is 0.214. The molecule has 0 saturated carbocycles. The van der Waals surface area contributed by atoms with Gasteiger partial charge in [0.05, 0.1) is 19.6 Å². The fourth-order valence-corrected chi connectivity index (χ4v) is 3.34. The molecule has 2 amide bonds. The van der Waals surface area contributed by atoms with E-state index in [1.54, 1.807) is 27.7 Å². The maximum absolute atomic E-state index is 12.0. The number of aliphatic carboxylic acids is 1. The van der Waals surface area contributed by atoms with Crippen LogP contribution in [0.2, 0.25) is 0 Å². The van der Waals surface area contributed by atoms with Crippen molar-refractivity contribution in [3.05, 3.63) is 19.7 Å². The van der Waals surface area contributed by atoms with Gasteiger partial charge in [-0.1, -0.05) is 35.1 Å². The molecule has 232 valence electrons. The predicted octanol–water partition coefficient (Wildman–Crippen LogP) is 3.22. The maximum atomic E-state index is 12.0. The Hall–Kier alpha value is -1.68. The average Bonchev–Trinajstić information content (AvgIpc) is 2.72. The zero-order valence-corrected chi connectivity index (χ0v) is 25.7. The number of carbonyl (C=O) groups is 4. The minimum Gasteiger partial charge on any atom is -0.481 e. The number of hydrogen-bond acceptors (Lipinski definition) is 8. The van der Waals surface area contributed by atoms with Gasteiger partial charge < -0.3 is 42.1 Å². The molecule has 3 N–H and O–H groups in total. The van der Waals surface area contributed by atoms with Gasteiger partial charge in [0.1, 0.15) is 12.2 Å². The number of rotatable bonds is 7. The third-order valence-corrected chi connectivity index (χ3v) is 5.46. The van der Waals surface area contributed by atoms with Crippen molar-refractivity contribution in [2.24, 2.45) is 10.8 Å². The Morgan fingerprint density at radius 3 is 1.64 bits per heavy atom. The summed E-state index contributed by atoms with van der Waals surface area (Å²) < 4.78 is 22.3. The van der Waals surface area contributed by atoms with Gasteiger partial charge in [-0.2, -0.15) is 0 Å². The molecule has 0 unspecified atom stereocenters. The minimum atomic E-state index is -0.942. The van der Waals surface area contributed by atoms with Crippen molar-refractivity contribution in [1.29, 1.82) is 0 Å². The Morgan fingerprint density at radius 1 is 0.846 bits per heavy atom. The first-order valence-electron chi connectivity index (χ1n) is 11.9. The van der Waals surface area contributed by atoms with E-state index in [0.29, 0.717) is 13.2 Å². The van der Waals surface area contributed by atoms with Crippen molar-refractivity contribution in [2.75, 3.05) is 19.8 Å². The van der Waals surface area contributed by atoms with Crippen molar-refractivity contribution in [1.82, 2.24) is 10.6 Å². The Kier molecular flexibility index (Phi) is 17.7. The van der Waals surface area contributed by atoms with Gasteiger partial charge in [-0.25, -0.2) is 0 Å². The molecule has 2 rings (SSSR count). The first kappa shape index (κ1) is 41.8. The van der Waals surface area contributed by atoms with E-state index in [4.69, 9.17) is 24.1 Å². The zero-order chi connectivity index (χ0) is 27.9. The van der Waals surface area contributed by atoms with Crippen LogP contribution in [0.25, 0.3) is 0 Å². The molecule has 2 aliphatic heterocycles. The van der Waals surface area contributed by atoms with Gasteiger partial charge in [-0.05, 0) is 40.7 Å². The van der Waals surface area contributed by atoms with Gasteiger partial charge >= 0.3 is 5.97 Å². The number of carboxylic acids is 1. The third kappa shape index (κ3) is 14.5. The van der Waals surface area contributed by atoms with Crippen LogP contribution in [-0.4, -0.2) is 72.2 Å². The van der Waals surface area contributed by atoms with Gasteiger partial charge in [0.15, 0.2) is 17.4 Å². The SMILES string of the molecule is C.CC(=O)/C=C/NC(=O)[C@@H]1OC(C)(C)OCC1(C)C.CC1(C)OCC(C)(C)[C@H](C(=O)NCCC(=O)O)O1.[CH3-].[Pd]. The molecule has 2 heterocycles. The number of allylic oxidation sites excluding steroid dienone is 1. The van der Waals surface area contributed by atoms with Gasteiger partial charge in [0, 0.05) is 44.0 Å². The monoisotopic (exact) mass is 651 g/mol. The van der Waals surface area contributed by atoms with Crippen LogP contribution < -0.4 is 10.6 Å². The Morgan fingerprint density at radius 2 is 1.26 bits per heavy atom. The molecule has 11 nitrogen and oxygen atoms in total. The fraction of sp³-hybridized carbons (Fsp3) is 0.741. The molecule has 12 heteroatoms. The molecule has 39 heavy (non-hydrogen) atoms. The molecular weight excluding hydrogens is 603 g/mol. The summed E-state index contributed by atoms with van der Waals surface area (Å²) in [5.41, 5.74) is -0.855. The van der Waals surface area contributed by atoms with E-state index < -0.39 is 40.6 Å². The van der Waals surface area contributed by atoms with Crippen LogP contribution in [-0.2, 0) is 58.5 Å². The topological polar surface area (TPSA) is 149 Å². The molecule has 0 aliphatic carbocycles. The van der Waals surface area contributed by atoms with Gasteiger partial charge in [-0.15, -0.1) is 0 Å². The molecule has 2 fully saturated rings. The first-order valence-corrected chi connectivity index (χ1v) is 11.9. The van der Waals surface area contributed by atoms with Crippen molar-refractivity contribution in [2.45, 2.75) is 99.9 Å². The van der Waals surface area contributed by atoms with E-state index in [9.17, 15) is 19.2 Å². The van der Waals surface area contributed by atoms with E-state index in [2.05, 4.69) is 10.6 Å². The van der Waals surface area contributed by atoms with E-state index in [-0.39, 0.29) is 65.8 Å². The molecule has 0 aromatic rings. The van der Waals surface area contributed by atoms with E-state index in [1.807, 2.05) is 27.7 Å². The van der Waals surface area contributed by atoms with Crippen molar-refractivity contribution in [3.63, 3.8) is 0 Å². The molecule has 2 atom stereocenters. The number of nitrogens with one attached hydrogen (secondary N) is 2. The van der Waals surface area contributed by atoms with E-state index in [1.165, 1.54) is 19.2 Å². The number of hydrogen-bond donors (Lipinski definition) is 3. The van der Waals surface area contributed by atoms with Crippen molar-refractivity contribution >= 4 is 23.6 Å². The van der Waals surface area contributed by atoms with Gasteiger partial charge in [-0.3, -0.25) is 19.2 Å². The summed E-state index contributed by atoms with van der Waals surface area (Å²) in [5.74, 6) is -3.20.